The first-order valence-corrected chi connectivity index (χ1v) is 9.05. The summed E-state index contributed by atoms with van der Waals surface area (Å²) in [7, 11) is 0. The molecule has 0 aliphatic carbocycles. The Labute approximate surface area is 143 Å². The van der Waals surface area contributed by atoms with Crippen LogP contribution in [0.5, 0.6) is 0 Å². The van der Waals surface area contributed by atoms with Gasteiger partial charge >= 0.3 is 5.63 Å². The molecule has 3 heterocycles. The fraction of sp³-hybridized carbons (Fsp3) is 0.333. The summed E-state index contributed by atoms with van der Waals surface area (Å²) in [6, 6.07) is 7.98. The number of aromatic nitrogens is 1. The van der Waals surface area contributed by atoms with Crippen LogP contribution >= 0.6 is 11.3 Å². The number of hydrogen-bond donors (Lipinski definition) is 1. The molecule has 1 N–H and O–H groups in total. The van der Waals surface area contributed by atoms with Crippen LogP contribution in [0.2, 0.25) is 0 Å². The van der Waals surface area contributed by atoms with Crippen molar-refractivity contribution in [3.05, 3.63) is 45.8 Å². The lowest BCUT2D eigenvalue weighted by atomic mass is 10.1. The van der Waals surface area contributed by atoms with E-state index >= 15 is 0 Å². The second-order valence-corrected chi connectivity index (χ2v) is 6.91. The first kappa shape index (κ1) is 15.4. The molecule has 1 aliphatic heterocycles. The normalized spacial score (nSPS) is 15.6. The third kappa shape index (κ3) is 2.95. The Morgan fingerprint density at radius 2 is 2.17 bits per heavy atom. The van der Waals surface area contributed by atoms with E-state index < -0.39 is 0 Å². The summed E-state index contributed by atoms with van der Waals surface area (Å²) >= 11 is 1.47. The zero-order chi connectivity index (χ0) is 16.5. The van der Waals surface area contributed by atoms with Crippen LogP contribution in [0.15, 0.2) is 38.9 Å². The molecule has 124 valence electrons. The summed E-state index contributed by atoms with van der Waals surface area (Å²) in [5.74, 6) is 0. The lowest BCUT2D eigenvalue weighted by Crippen LogP contribution is -2.27. The monoisotopic (exact) mass is 341 g/mol. The van der Waals surface area contributed by atoms with Crippen molar-refractivity contribution >= 4 is 28.0 Å². The van der Waals surface area contributed by atoms with Crippen molar-refractivity contribution in [2.24, 2.45) is 0 Å². The average Bonchev–Trinajstić information content (AvgIpc) is 2.84. The smallest absolute Gasteiger partial charge is 0.346 e. The predicted molar refractivity (Wildman–Crippen MR) is 98.0 cm³/mol. The second kappa shape index (κ2) is 6.37. The van der Waals surface area contributed by atoms with Crippen molar-refractivity contribution in [1.29, 1.82) is 0 Å². The number of anilines is 1. The van der Waals surface area contributed by atoms with Crippen molar-refractivity contribution in [3.8, 4) is 10.6 Å². The molecule has 5 nitrogen and oxygen atoms in total. The molecule has 24 heavy (non-hydrogen) atoms. The quantitative estimate of drug-likeness (QED) is 0.726. The Balaban J connectivity index is 1.74. The van der Waals surface area contributed by atoms with Gasteiger partial charge in [0, 0.05) is 47.8 Å². The van der Waals surface area contributed by atoms with Gasteiger partial charge in [-0.2, -0.15) is 0 Å². The van der Waals surface area contributed by atoms with Gasteiger partial charge in [0.05, 0.1) is 5.56 Å². The van der Waals surface area contributed by atoms with E-state index in [1.54, 1.807) is 0 Å². The van der Waals surface area contributed by atoms with Gasteiger partial charge in [0.15, 0.2) is 0 Å². The Bertz CT molecular complexity index is 923. The molecule has 1 fully saturated rings. The van der Waals surface area contributed by atoms with Crippen LogP contribution in [0.1, 0.15) is 12.1 Å². The third-order valence-corrected chi connectivity index (χ3v) is 5.27. The van der Waals surface area contributed by atoms with Gasteiger partial charge in [-0.05, 0) is 38.1 Å². The second-order valence-electron chi connectivity index (χ2n) is 6.05. The number of fused-ring (bicyclic) bond motifs is 1. The Morgan fingerprint density at radius 3 is 3.00 bits per heavy atom. The summed E-state index contributed by atoms with van der Waals surface area (Å²) in [4.78, 5) is 19.1. The molecule has 3 aromatic rings. The van der Waals surface area contributed by atoms with Gasteiger partial charge in [-0.1, -0.05) is 0 Å². The van der Waals surface area contributed by atoms with Gasteiger partial charge < -0.3 is 14.6 Å². The molecule has 0 spiro atoms. The lowest BCUT2D eigenvalue weighted by Gasteiger charge is -2.22. The predicted octanol–water partition coefficient (Wildman–Crippen LogP) is 3.02. The van der Waals surface area contributed by atoms with Crippen molar-refractivity contribution in [2.45, 2.75) is 13.3 Å². The van der Waals surface area contributed by atoms with Crippen LogP contribution in [0, 0.1) is 6.92 Å². The molecular formula is C18H19N3O2S. The number of hydrogen-bond acceptors (Lipinski definition) is 6. The number of aryl methyl sites for hydroxylation is 1. The van der Waals surface area contributed by atoms with Crippen molar-refractivity contribution in [2.75, 3.05) is 31.1 Å². The lowest BCUT2D eigenvalue weighted by molar-refractivity contribution is 0.563. The first-order valence-electron chi connectivity index (χ1n) is 8.17. The number of nitrogens with one attached hydrogen (secondary N) is 1. The van der Waals surface area contributed by atoms with Gasteiger partial charge in [-0.15, -0.1) is 11.3 Å². The van der Waals surface area contributed by atoms with Gasteiger partial charge in [-0.25, -0.2) is 9.78 Å². The molecule has 0 radical (unpaired) electrons. The number of benzene rings is 1. The minimum absolute atomic E-state index is 0.327. The summed E-state index contributed by atoms with van der Waals surface area (Å²) in [6.07, 6.45) is 1.12. The van der Waals surface area contributed by atoms with E-state index in [2.05, 4.69) is 21.3 Å². The van der Waals surface area contributed by atoms with E-state index in [1.165, 1.54) is 11.3 Å². The van der Waals surface area contributed by atoms with Crippen molar-refractivity contribution < 1.29 is 4.42 Å². The fourth-order valence-corrected chi connectivity index (χ4v) is 3.83. The number of nitrogens with zero attached hydrogens (tertiary/aromatic N) is 2. The van der Waals surface area contributed by atoms with Crippen LogP contribution < -0.4 is 15.8 Å². The molecule has 0 unspecified atom stereocenters. The summed E-state index contributed by atoms with van der Waals surface area (Å²) in [5.41, 5.74) is 2.86. The van der Waals surface area contributed by atoms with E-state index in [1.807, 2.05) is 30.5 Å². The van der Waals surface area contributed by atoms with Gasteiger partial charge in [0.25, 0.3) is 0 Å². The van der Waals surface area contributed by atoms with E-state index in [9.17, 15) is 4.79 Å². The highest BCUT2D eigenvalue weighted by molar-refractivity contribution is 7.13. The molecule has 6 heteroatoms. The largest absolute Gasteiger partial charge is 0.422 e. The maximum atomic E-state index is 12.4. The minimum atomic E-state index is -0.327. The van der Waals surface area contributed by atoms with E-state index in [4.69, 9.17) is 4.42 Å². The SMILES string of the molecule is Cc1csc(-c2cc3ccc(N4CCCNCC4)cc3oc2=O)n1. The molecule has 1 aromatic carbocycles. The zero-order valence-corrected chi connectivity index (χ0v) is 14.4. The van der Waals surface area contributed by atoms with E-state index in [0.717, 1.165) is 49.4 Å². The van der Waals surface area contributed by atoms with Crippen LogP contribution in [0.4, 0.5) is 5.69 Å². The highest BCUT2D eigenvalue weighted by Gasteiger charge is 2.14. The van der Waals surface area contributed by atoms with Crippen LogP contribution in [-0.2, 0) is 0 Å². The molecular weight excluding hydrogens is 322 g/mol. The molecule has 1 saturated heterocycles. The van der Waals surface area contributed by atoms with Gasteiger partial charge in [0.2, 0.25) is 0 Å². The van der Waals surface area contributed by atoms with Gasteiger partial charge in [0.1, 0.15) is 10.6 Å². The van der Waals surface area contributed by atoms with Crippen LogP contribution in [-0.4, -0.2) is 31.2 Å². The Kier molecular flexibility index (Phi) is 4.08. The van der Waals surface area contributed by atoms with Crippen molar-refractivity contribution in [1.82, 2.24) is 10.3 Å². The fourth-order valence-electron chi connectivity index (χ4n) is 3.03. The Morgan fingerprint density at radius 1 is 1.25 bits per heavy atom. The summed E-state index contributed by atoms with van der Waals surface area (Å²) < 4.78 is 5.59. The zero-order valence-electron chi connectivity index (χ0n) is 13.5. The molecule has 0 amide bonds. The Hall–Kier alpha value is -2.18. The molecule has 0 atom stereocenters. The molecule has 4 rings (SSSR count). The standard InChI is InChI=1S/C18H19N3O2S/c1-12-11-24-17(20-12)15-9-13-3-4-14(10-16(13)23-18(15)22)21-7-2-5-19-6-8-21/h3-4,9-11,19H,2,5-8H2,1H3. The maximum absolute atomic E-state index is 12.4. The molecule has 0 saturated carbocycles. The average molecular weight is 341 g/mol. The minimum Gasteiger partial charge on any atom is -0.422 e. The highest BCUT2D eigenvalue weighted by Crippen LogP contribution is 2.27. The highest BCUT2D eigenvalue weighted by atomic mass is 32.1. The molecule has 0 bridgehead atoms. The van der Waals surface area contributed by atoms with E-state index in [0.29, 0.717) is 16.2 Å². The van der Waals surface area contributed by atoms with Gasteiger partial charge in [-0.3, -0.25) is 0 Å². The number of rotatable bonds is 2. The number of thiazole rings is 1. The van der Waals surface area contributed by atoms with E-state index in [-0.39, 0.29) is 5.63 Å². The van der Waals surface area contributed by atoms with Crippen LogP contribution in [0.25, 0.3) is 21.5 Å². The molecule has 1 aliphatic rings. The summed E-state index contributed by atoms with van der Waals surface area (Å²) in [5, 5.41) is 6.98. The third-order valence-electron chi connectivity index (χ3n) is 4.27. The topological polar surface area (TPSA) is 58.4 Å². The molecule has 2 aromatic heterocycles. The van der Waals surface area contributed by atoms with Crippen LogP contribution in [0.3, 0.4) is 0 Å². The van der Waals surface area contributed by atoms with Crippen molar-refractivity contribution in [3.63, 3.8) is 0 Å². The maximum Gasteiger partial charge on any atom is 0.346 e. The first-order chi connectivity index (χ1) is 11.7. The summed E-state index contributed by atoms with van der Waals surface area (Å²) in [6.45, 7) is 5.93.